The number of carbonyl (C=O) groups excluding carboxylic acids is 1. The van der Waals surface area contributed by atoms with Crippen molar-refractivity contribution in [2.75, 3.05) is 12.4 Å². The van der Waals surface area contributed by atoms with Crippen LogP contribution in [-0.4, -0.2) is 18.0 Å². The van der Waals surface area contributed by atoms with Gasteiger partial charge in [-0.2, -0.15) is 0 Å². The Hall–Kier alpha value is -3.15. The number of anilines is 1. The Bertz CT molecular complexity index is 891. The number of halogens is 1. The van der Waals surface area contributed by atoms with Crippen LogP contribution in [0.15, 0.2) is 52.9 Å². The minimum absolute atomic E-state index is 0.0443. The van der Waals surface area contributed by atoms with E-state index in [1.54, 1.807) is 6.92 Å². The average Bonchev–Trinajstić information content (AvgIpc) is 2.98. The monoisotopic (exact) mass is 340 g/mol. The van der Waals surface area contributed by atoms with Gasteiger partial charge in [0.25, 0.3) is 0 Å². The Balaban J connectivity index is 1.75. The normalized spacial score (nSPS) is 10.5. The highest BCUT2D eigenvalue weighted by Gasteiger charge is 2.16. The zero-order valence-electron chi connectivity index (χ0n) is 13.9. The molecule has 3 rings (SSSR count). The van der Waals surface area contributed by atoms with E-state index in [0.29, 0.717) is 23.0 Å². The number of aryl methyl sites for hydroxylation is 1. The van der Waals surface area contributed by atoms with Crippen LogP contribution in [-0.2, 0) is 11.2 Å². The average molecular weight is 340 g/mol. The highest BCUT2D eigenvalue weighted by atomic mass is 19.1. The Labute approximate surface area is 144 Å². The molecule has 0 saturated carbocycles. The standard InChI is InChI=1S/C19H17FN2O3/c1-12-16(22-19(25-12)13-6-4-3-5-7-13)11-18(23)21-15-9-8-14(20)10-17(15)24-2/h3-10H,11H2,1-2H3,(H,21,23). The van der Waals surface area contributed by atoms with Crippen LogP contribution in [0.3, 0.4) is 0 Å². The summed E-state index contributed by atoms with van der Waals surface area (Å²) in [7, 11) is 1.42. The summed E-state index contributed by atoms with van der Waals surface area (Å²) >= 11 is 0. The molecule has 0 aliphatic rings. The summed E-state index contributed by atoms with van der Waals surface area (Å²) < 4.78 is 23.9. The highest BCUT2D eigenvalue weighted by Crippen LogP contribution is 2.26. The van der Waals surface area contributed by atoms with Gasteiger partial charge < -0.3 is 14.5 Å². The molecule has 0 atom stereocenters. The van der Waals surface area contributed by atoms with Crippen LogP contribution in [0.1, 0.15) is 11.5 Å². The number of hydrogen-bond acceptors (Lipinski definition) is 4. The maximum absolute atomic E-state index is 13.2. The highest BCUT2D eigenvalue weighted by molar-refractivity contribution is 5.93. The number of benzene rings is 2. The smallest absolute Gasteiger partial charge is 0.230 e. The van der Waals surface area contributed by atoms with E-state index < -0.39 is 5.82 Å². The van der Waals surface area contributed by atoms with Crippen LogP contribution in [0.5, 0.6) is 5.75 Å². The van der Waals surface area contributed by atoms with E-state index in [1.807, 2.05) is 30.3 Å². The number of methoxy groups -OCH3 is 1. The van der Waals surface area contributed by atoms with Crippen molar-refractivity contribution in [1.82, 2.24) is 4.98 Å². The summed E-state index contributed by atoms with van der Waals surface area (Å²) in [5.41, 5.74) is 1.80. The third kappa shape index (κ3) is 3.85. The van der Waals surface area contributed by atoms with Gasteiger partial charge in [-0.3, -0.25) is 4.79 Å². The molecule has 0 aliphatic carbocycles. The van der Waals surface area contributed by atoms with Crippen LogP contribution < -0.4 is 10.1 Å². The van der Waals surface area contributed by atoms with Crippen molar-refractivity contribution >= 4 is 11.6 Å². The molecule has 6 heteroatoms. The van der Waals surface area contributed by atoms with E-state index >= 15 is 0 Å². The van der Waals surface area contributed by atoms with Gasteiger partial charge >= 0.3 is 0 Å². The quantitative estimate of drug-likeness (QED) is 0.763. The van der Waals surface area contributed by atoms with Gasteiger partial charge in [-0.1, -0.05) is 18.2 Å². The predicted molar refractivity (Wildman–Crippen MR) is 92.0 cm³/mol. The number of aromatic nitrogens is 1. The molecule has 1 N–H and O–H groups in total. The summed E-state index contributed by atoms with van der Waals surface area (Å²) in [6.07, 6.45) is 0.0443. The first-order valence-electron chi connectivity index (χ1n) is 7.72. The first-order chi connectivity index (χ1) is 12.1. The fourth-order valence-corrected chi connectivity index (χ4v) is 2.41. The topological polar surface area (TPSA) is 64.4 Å². The first kappa shape index (κ1) is 16.7. The Morgan fingerprint density at radius 2 is 2.00 bits per heavy atom. The predicted octanol–water partition coefficient (Wildman–Crippen LogP) is 3.98. The Kier molecular flexibility index (Phi) is 4.79. The van der Waals surface area contributed by atoms with Crippen LogP contribution in [0, 0.1) is 12.7 Å². The third-order valence-corrected chi connectivity index (χ3v) is 3.68. The SMILES string of the molecule is COc1cc(F)ccc1NC(=O)Cc1nc(-c2ccccc2)oc1C. The number of rotatable bonds is 5. The van der Waals surface area contributed by atoms with E-state index in [2.05, 4.69) is 10.3 Å². The number of hydrogen-bond donors (Lipinski definition) is 1. The lowest BCUT2D eigenvalue weighted by atomic mass is 10.2. The number of nitrogens with zero attached hydrogens (tertiary/aromatic N) is 1. The molecule has 128 valence electrons. The molecule has 0 aliphatic heterocycles. The summed E-state index contributed by atoms with van der Waals surface area (Å²) in [4.78, 5) is 16.7. The number of nitrogens with one attached hydrogen (secondary N) is 1. The number of oxazole rings is 1. The van der Waals surface area contributed by atoms with E-state index in [1.165, 1.54) is 25.3 Å². The van der Waals surface area contributed by atoms with Crippen molar-refractivity contribution in [2.24, 2.45) is 0 Å². The molecule has 0 unspecified atom stereocenters. The Morgan fingerprint density at radius 3 is 2.72 bits per heavy atom. The second-order valence-electron chi connectivity index (χ2n) is 5.46. The zero-order chi connectivity index (χ0) is 17.8. The second-order valence-corrected chi connectivity index (χ2v) is 5.46. The summed E-state index contributed by atoms with van der Waals surface area (Å²) in [5.74, 6) is 0.589. The lowest BCUT2D eigenvalue weighted by Crippen LogP contribution is -2.15. The molecule has 25 heavy (non-hydrogen) atoms. The van der Waals surface area contributed by atoms with Crippen molar-refractivity contribution in [2.45, 2.75) is 13.3 Å². The van der Waals surface area contributed by atoms with Gasteiger partial charge in [-0.15, -0.1) is 0 Å². The second kappa shape index (κ2) is 7.17. The minimum Gasteiger partial charge on any atom is -0.494 e. The lowest BCUT2D eigenvalue weighted by Gasteiger charge is -2.09. The first-order valence-corrected chi connectivity index (χ1v) is 7.72. The maximum atomic E-state index is 13.2. The van der Waals surface area contributed by atoms with Crippen LogP contribution in [0.4, 0.5) is 10.1 Å². The molecule has 0 fully saturated rings. The summed E-state index contributed by atoms with van der Waals surface area (Å²) in [5, 5.41) is 2.70. The molecule has 3 aromatic rings. The van der Waals surface area contributed by atoms with Crippen molar-refractivity contribution in [3.8, 4) is 17.2 Å². The molecule has 0 radical (unpaired) electrons. The fraction of sp³-hybridized carbons (Fsp3) is 0.158. The van der Waals surface area contributed by atoms with Gasteiger partial charge in [0, 0.05) is 11.6 Å². The van der Waals surface area contributed by atoms with Crippen molar-refractivity contribution < 1.29 is 18.3 Å². The van der Waals surface area contributed by atoms with E-state index in [9.17, 15) is 9.18 Å². The minimum atomic E-state index is -0.435. The van der Waals surface area contributed by atoms with E-state index in [0.717, 1.165) is 5.56 Å². The van der Waals surface area contributed by atoms with Gasteiger partial charge in [0.05, 0.1) is 24.9 Å². The molecule has 0 spiro atoms. The van der Waals surface area contributed by atoms with E-state index in [4.69, 9.17) is 9.15 Å². The van der Waals surface area contributed by atoms with Crippen molar-refractivity contribution in [1.29, 1.82) is 0 Å². The zero-order valence-corrected chi connectivity index (χ0v) is 13.9. The number of ether oxygens (including phenoxy) is 1. The van der Waals surface area contributed by atoms with Gasteiger partial charge in [0.2, 0.25) is 11.8 Å². The number of amides is 1. The van der Waals surface area contributed by atoms with Crippen molar-refractivity contribution in [3.05, 3.63) is 65.8 Å². The fourth-order valence-electron chi connectivity index (χ4n) is 2.41. The van der Waals surface area contributed by atoms with Crippen molar-refractivity contribution in [3.63, 3.8) is 0 Å². The third-order valence-electron chi connectivity index (χ3n) is 3.68. The summed E-state index contributed by atoms with van der Waals surface area (Å²) in [6.45, 7) is 1.76. The molecule has 1 aromatic heterocycles. The van der Waals surface area contributed by atoms with Gasteiger partial charge in [0.1, 0.15) is 17.3 Å². The Morgan fingerprint density at radius 1 is 1.24 bits per heavy atom. The molecule has 0 saturated heterocycles. The molecular formula is C19H17FN2O3. The number of carbonyl (C=O) groups is 1. The van der Waals surface area contributed by atoms with Crippen LogP contribution >= 0.6 is 0 Å². The largest absolute Gasteiger partial charge is 0.494 e. The van der Waals surface area contributed by atoms with Gasteiger partial charge in [-0.05, 0) is 31.2 Å². The molecule has 2 aromatic carbocycles. The summed E-state index contributed by atoms with van der Waals surface area (Å²) in [6, 6.07) is 13.4. The molecule has 0 bridgehead atoms. The molecule has 1 heterocycles. The van der Waals surface area contributed by atoms with Gasteiger partial charge in [0.15, 0.2) is 0 Å². The van der Waals surface area contributed by atoms with E-state index in [-0.39, 0.29) is 18.1 Å². The molecule has 5 nitrogen and oxygen atoms in total. The molecular weight excluding hydrogens is 323 g/mol. The lowest BCUT2D eigenvalue weighted by molar-refractivity contribution is -0.115. The van der Waals surface area contributed by atoms with Crippen LogP contribution in [0.2, 0.25) is 0 Å². The van der Waals surface area contributed by atoms with Gasteiger partial charge in [-0.25, -0.2) is 9.37 Å². The van der Waals surface area contributed by atoms with Crippen LogP contribution in [0.25, 0.3) is 11.5 Å². The maximum Gasteiger partial charge on any atom is 0.230 e. The molecule has 1 amide bonds.